The number of nitrogens with two attached hydrogens (primary N) is 1. The van der Waals surface area contributed by atoms with E-state index in [1.807, 2.05) is 13.1 Å². The van der Waals surface area contributed by atoms with Crippen LogP contribution in [0.4, 0.5) is 5.82 Å². The van der Waals surface area contributed by atoms with Gasteiger partial charge in [0.1, 0.15) is 0 Å². The van der Waals surface area contributed by atoms with Gasteiger partial charge in [0.05, 0.1) is 4.47 Å². The van der Waals surface area contributed by atoms with Gasteiger partial charge in [-0.1, -0.05) is 0 Å². The summed E-state index contributed by atoms with van der Waals surface area (Å²) in [4.78, 5) is 4.17. The lowest BCUT2D eigenvalue weighted by atomic mass is 10.3. The molecule has 0 saturated carbocycles. The van der Waals surface area contributed by atoms with Gasteiger partial charge in [-0.3, -0.25) is 0 Å². The lowest BCUT2D eigenvalue weighted by molar-refractivity contribution is 0.938. The highest BCUT2D eigenvalue weighted by Crippen LogP contribution is 2.16. The Morgan fingerprint density at radius 1 is 1.58 bits per heavy atom. The summed E-state index contributed by atoms with van der Waals surface area (Å²) in [6, 6.07) is 0. The SMILES string of the molecule is Cc1c(N)nn2cc(Br)cnc12. The molecule has 0 saturated heterocycles. The van der Waals surface area contributed by atoms with Crippen molar-refractivity contribution in [1.29, 1.82) is 0 Å². The molecule has 0 atom stereocenters. The molecule has 0 aliphatic heterocycles. The third kappa shape index (κ3) is 0.972. The van der Waals surface area contributed by atoms with Crippen molar-refractivity contribution in [2.75, 3.05) is 5.73 Å². The maximum atomic E-state index is 5.62. The topological polar surface area (TPSA) is 56.2 Å². The Bertz CT molecular complexity index is 434. The van der Waals surface area contributed by atoms with Crippen LogP contribution in [0.3, 0.4) is 0 Å². The van der Waals surface area contributed by atoms with E-state index in [9.17, 15) is 0 Å². The van der Waals surface area contributed by atoms with Crippen LogP contribution >= 0.6 is 15.9 Å². The van der Waals surface area contributed by atoms with Crippen molar-refractivity contribution in [2.24, 2.45) is 0 Å². The maximum Gasteiger partial charge on any atom is 0.160 e. The molecule has 0 radical (unpaired) electrons. The molecule has 2 rings (SSSR count). The van der Waals surface area contributed by atoms with Gasteiger partial charge >= 0.3 is 0 Å². The van der Waals surface area contributed by atoms with Gasteiger partial charge in [-0.25, -0.2) is 9.50 Å². The largest absolute Gasteiger partial charge is 0.382 e. The third-order valence-electron chi connectivity index (χ3n) is 1.71. The molecule has 2 aromatic heterocycles. The molecule has 2 N–H and O–H groups in total. The first-order chi connectivity index (χ1) is 5.68. The molecule has 5 heteroatoms. The fourth-order valence-electron chi connectivity index (χ4n) is 1.04. The molecule has 2 aromatic rings. The average Bonchev–Trinajstić information content (AvgIpc) is 2.28. The maximum absolute atomic E-state index is 5.62. The molecule has 0 aliphatic rings. The van der Waals surface area contributed by atoms with Gasteiger partial charge in [0.15, 0.2) is 11.5 Å². The normalized spacial score (nSPS) is 10.8. The van der Waals surface area contributed by atoms with Gasteiger partial charge in [0.2, 0.25) is 0 Å². The monoisotopic (exact) mass is 226 g/mol. The van der Waals surface area contributed by atoms with Gasteiger partial charge in [-0.2, -0.15) is 0 Å². The van der Waals surface area contributed by atoms with Crippen molar-refractivity contribution in [3.63, 3.8) is 0 Å². The molecular weight excluding hydrogens is 220 g/mol. The van der Waals surface area contributed by atoms with E-state index in [1.54, 1.807) is 10.7 Å². The number of nitrogens with zero attached hydrogens (tertiary/aromatic N) is 3. The lowest BCUT2D eigenvalue weighted by Gasteiger charge is -1.92. The van der Waals surface area contributed by atoms with Gasteiger partial charge in [-0.15, -0.1) is 5.10 Å². The average molecular weight is 227 g/mol. The van der Waals surface area contributed by atoms with E-state index in [0.717, 1.165) is 15.7 Å². The summed E-state index contributed by atoms with van der Waals surface area (Å²) < 4.78 is 2.55. The van der Waals surface area contributed by atoms with Crippen molar-refractivity contribution < 1.29 is 0 Å². The van der Waals surface area contributed by atoms with Crippen molar-refractivity contribution in [3.8, 4) is 0 Å². The smallest absolute Gasteiger partial charge is 0.160 e. The van der Waals surface area contributed by atoms with E-state index >= 15 is 0 Å². The lowest BCUT2D eigenvalue weighted by Crippen LogP contribution is -1.89. The number of halogens is 1. The van der Waals surface area contributed by atoms with Gasteiger partial charge in [-0.05, 0) is 22.9 Å². The first-order valence-electron chi connectivity index (χ1n) is 3.44. The number of hydrogen-bond acceptors (Lipinski definition) is 3. The van der Waals surface area contributed by atoms with Crippen LogP contribution in [0.1, 0.15) is 5.56 Å². The number of rotatable bonds is 0. The summed E-state index contributed by atoms with van der Waals surface area (Å²) in [7, 11) is 0. The van der Waals surface area contributed by atoms with Crippen LogP contribution < -0.4 is 5.73 Å². The van der Waals surface area contributed by atoms with E-state index in [1.165, 1.54) is 0 Å². The van der Waals surface area contributed by atoms with E-state index in [2.05, 4.69) is 26.0 Å². The molecule has 2 heterocycles. The summed E-state index contributed by atoms with van der Waals surface area (Å²) in [5, 5.41) is 4.08. The summed E-state index contributed by atoms with van der Waals surface area (Å²) in [5.74, 6) is 0.528. The summed E-state index contributed by atoms with van der Waals surface area (Å²) >= 11 is 3.30. The molecule has 0 aliphatic carbocycles. The van der Waals surface area contributed by atoms with Crippen molar-refractivity contribution in [2.45, 2.75) is 6.92 Å². The molecule has 4 nitrogen and oxygen atoms in total. The fraction of sp³-hybridized carbons (Fsp3) is 0.143. The second kappa shape index (κ2) is 2.45. The van der Waals surface area contributed by atoms with Crippen LogP contribution in [-0.2, 0) is 0 Å². The van der Waals surface area contributed by atoms with E-state index < -0.39 is 0 Å². The Kier molecular flexibility index (Phi) is 1.54. The molecule has 0 amide bonds. The molecule has 62 valence electrons. The number of aromatic nitrogens is 3. The highest BCUT2D eigenvalue weighted by atomic mass is 79.9. The van der Waals surface area contributed by atoms with Crippen LogP contribution in [0.15, 0.2) is 16.9 Å². The zero-order chi connectivity index (χ0) is 8.72. The number of fused-ring (bicyclic) bond motifs is 1. The van der Waals surface area contributed by atoms with Crippen molar-refractivity contribution in [3.05, 3.63) is 22.4 Å². The highest BCUT2D eigenvalue weighted by molar-refractivity contribution is 9.10. The number of nitrogen functional groups attached to an aromatic ring is 1. The van der Waals surface area contributed by atoms with Crippen LogP contribution in [0.5, 0.6) is 0 Å². The predicted octanol–water partition coefficient (Wildman–Crippen LogP) is 1.38. The third-order valence-corrected chi connectivity index (χ3v) is 2.12. The van der Waals surface area contributed by atoms with Crippen LogP contribution in [0.2, 0.25) is 0 Å². The quantitative estimate of drug-likeness (QED) is 0.739. The first-order valence-corrected chi connectivity index (χ1v) is 4.24. The Labute approximate surface area is 77.5 Å². The Morgan fingerprint density at radius 2 is 2.33 bits per heavy atom. The Hall–Kier alpha value is -1.10. The zero-order valence-electron chi connectivity index (χ0n) is 6.45. The minimum atomic E-state index is 0.528. The fourth-order valence-corrected chi connectivity index (χ4v) is 1.34. The standard InChI is InChI=1S/C7H7BrN4/c1-4-6(9)11-12-3-5(8)2-10-7(4)12/h2-3H,1H3,(H2,9,11). The van der Waals surface area contributed by atoms with Crippen LogP contribution in [-0.4, -0.2) is 14.6 Å². The first kappa shape index (κ1) is 7.54. The van der Waals surface area contributed by atoms with E-state index in [4.69, 9.17) is 5.73 Å². The molecule has 12 heavy (non-hydrogen) atoms. The Morgan fingerprint density at radius 3 is 3.08 bits per heavy atom. The second-order valence-corrected chi connectivity index (χ2v) is 3.47. The minimum Gasteiger partial charge on any atom is -0.382 e. The highest BCUT2D eigenvalue weighted by Gasteiger charge is 2.05. The summed E-state index contributed by atoms with van der Waals surface area (Å²) in [6.07, 6.45) is 3.55. The molecule has 0 spiro atoms. The van der Waals surface area contributed by atoms with E-state index in [0.29, 0.717) is 5.82 Å². The number of anilines is 1. The Balaban J connectivity index is 2.87. The van der Waals surface area contributed by atoms with E-state index in [-0.39, 0.29) is 0 Å². The summed E-state index contributed by atoms with van der Waals surface area (Å²) in [5.41, 5.74) is 7.34. The minimum absolute atomic E-state index is 0.528. The number of aryl methyl sites for hydroxylation is 1. The van der Waals surface area contributed by atoms with Gasteiger partial charge in [0, 0.05) is 18.0 Å². The summed E-state index contributed by atoms with van der Waals surface area (Å²) in [6.45, 7) is 1.90. The molecular formula is C7H7BrN4. The van der Waals surface area contributed by atoms with Crippen molar-refractivity contribution >= 4 is 27.4 Å². The van der Waals surface area contributed by atoms with Gasteiger partial charge < -0.3 is 5.73 Å². The van der Waals surface area contributed by atoms with Crippen molar-refractivity contribution in [1.82, 2.24) is 14.6 Å². The van der Waals surface area contributed by atoms with Crippen LogP contribution in [0.25, 0.3) is 5.65 Å². The van der Waals surface area contributed by atoms with Gasteiger partial charge in [0.25, 0.3) is 0 Å². The zero-order valence-corrected chi connectivity index (χ0v) is 8.04. The molecule has 0 aromatic carbocycles. The molecule has 0 unspecified atom stereocenters. The second-order valence-electron chi connectivity index (χ2n) is 2.55. The predicted molar refractivity (Wildman–Crippen MR) is 49.8 cm³/mol. The number of hydrogen-bond donors (Lipinski definition) is 1. The molecule has 0 bridgehead atoms. The molecule has 0 fully saturated rings. The van der Waals surface area contributed by atoms with Crippen LogP contribution in [0, 0.1) is 6.92 Å².